The molecule has 0 atom stereocenters. The zero-order valence-electron chi connectivity index (χ0n) is 16.4. The SMILES string of the molecule is CC(C)(C)N(C(=O)O)c1ccc(-c2ccc(C(O)(C(F)(F)F)C(F)(F)F)cc2F)cc1. The molecule has 170 valence electrons. The van der Waals surface area contributed by atoms with E-state index in [9.17, 15) is 45.7 Å². The van der Waals surface area contributed by atoms with Crippen molar-refractivity contribution in [3.05, 3.63) is 53.8 Å². The zero-order chi connectivity index (χ0) is 24.0. The first-order valence-corrected chi connectivity index (χ1v) is 8.70. The second-order valence-corrected chi connectivity index (χ2v) is 7.74. The lowest BCUT2D eigenvalue weighted by Crippen LogP contribution is -2.53. The third-order valence-electron chi connectivity index (χ3n) is 4.51. The molecular weight excluding hydrogens is 435 g/mol. The third-order valence-corrected chi connectivity index (χ3v) is 4.51. The number of rotatable bonds is 3. The van der Waals surface area contributed by atoms with Gasteiger partial charge >= 0.3 is 18.4 Å². The largest absolute Gasteiger partial charge is 0.465 e. The lowest BCUT2D eigenvalue weighted by atomic mass is 9.90. The maximum absolute atomic E-state index is 14.5. The Morgan fingerprint density at radius 3 is 1.71 bits per heavy atom. The van der Waals surface area contributed by atoms with E-state index in [0.29, 0.717) is 12.1 Å². The van der Waals surface area contributed by atoms with Crippen LogP contribution in [0.2, 0.25) is 0 Å². The second kappa shape index (κ2) is 7.70. The Morgan fingerprint density at radius 2 is 1.35 bits per heavy atom. The van der Waals surface area contributed by atoms with Crippen LogP contribution in [0.25, 0.3) is 11.1 Å². The van der Waals surface area contributed by atoms with Gasteiger partial charge in [-0.05, 0) is 44.5 Å². The van der Waals surface area contributed by atoms with Crippen LogP contribution in [0.15, 0.2) is 42.5 Å². The first-order valence-electron chi connectivity index (χ1n) is 8.70. The van der Waals surface area contributed by atoms with E-state index in [2.05, 4.69) is 0 Å². The molecule has 0 aliphatic rings. The van der Waals surface area contributed by atoms with Crippen LogP contribution in [0.4, 0.5) is 41.2 Å². The van der Waals surface area contributed by atoms with E-state index in [1.165, 1.54) is 24.3 Å². The van der Waals surface area contributed by atoms with Crippen LogP contribution in [0.5, 0.6) is 0 Å². The number of halogens is 7. The Bertz CT molecular complexity index is 947. The van der Waals surface area contributed by atoms with Crippen LogP contribution in [0.1, 0.15) is 26.3 Å². The molecule has 1 amide bonds. The molecule has 2 aromatic carbocycles. The summed E-state index contributed by atoms with van der Waals surface area (Å²) in [5, 5.41) is 18.8. The summed E-state index contributed by atoms with van der Waals surface area (Å²) in [6.07, 6.45) is -13.5. The van der Waals surface area contributed by atoms with E-state index >= 15 is 0 Å². The summed E-state index contributed by atoms with van der Waals surface area (Å²) in [4.78, 5) is 12.5. The van der Waals surface area contributed by atoms with E-state index in [1.54, 1.807) is 20.8 Å². The minimum Gasteiger partial charge on any atom is -0.465 e. The molecule has 0 aliphatic carbocycles. The highest BCUT2D eigenvalue weighted by molar-refractivity contribution is 5.88. The van der Waals surface area contributed by atoms with Crippen LogP contribution < -0.4 is 4.90 Å². The lowest BCUT2D eigenvalue weighted by molar-refractivity contribution is -0.376. The Balaban J connectivity index is 2.50. The molecule has 31 heavy (non-hydrogen) atoms. The molecule has 0 bridgehead atoms. The smallest absolute Gasteiger partial charge is 0.430 e. The van der Waals surface area contributed by atoms with Gasteiger partial charge in [0.15, 0.2) is 0 Å². The van der Waals surface area contributed by atoms with Crippen molar-refractivity contribution in [3.63, 3.8) is 0 Å². The Hall–Kier alpha value is -2.82. The molecule has 0 aromatic heterocycles. The number of aliphatic hydroxyl groups is 1. The van der Waals surface area contributed by atoms with Crippen LogP contribution in [0, 0.1) is 5.82 Å². The van der Waals surface area contributed by atoms with Crippen molar-refractivity contribution in [2.24, 2.45) is 0 Å². The number of carbonyl (C=O) groups is 1. The van der Waals surface area contributed by atoms with Crippen molar-refractivity contribution in [1.29, 1.82) is 0 Å². The summed E-state index contributed by atoms with van der Waals surface area (Å²) in [5.41, 5.74) is -7.80. The molecule has 2 N–H and O–H groups in total. The predicted octanol–water partition coefficient (Wildman–Crippen LogP) is 6.09. The summed E-state index contributed by atoms with van der Waals surface area (Å²) in [5.74, 6) is -1.43. The monoisotopic (exact) mass is 453 g/mol. The fourth-order valence-electron chi connectivity index (χ4n) is 3.04. The van der Waals surface area contributed by atoms with Crippen molar-refractivity contribution in [3.8, 4) is 11.1 Å². The highest BCUT2D eigenvalue weighted by Crippen LogP contribution is 2.50. The number of anilines is 1. The van der Waals surface area contributed by atoms with Crippen molar-refractivity contribution in [1.82, 2.24) is 0 Å². The normalized spacial score (nSPS) is 13.3. The summed E-state index contributed by atoms with van der Waals surface area (Å²) in [6.45, 7) is 4.90. The highest BCUT2D eigenvalue weighted by atomic mass is 19.4. The van der Waals surface area contributed by atoms with Crippen LogP contribution in [-0.2, 0) is 5.60 Å². The molecule has 2 aromatic rings. The topological polar surface area (TPSA) is 60.8 Å². The minimum atomic E-state index is -6.13. The average molecular weight is 453 g/mol. The van der Waals surface area contributed by atoms with Gasteiger partial charge in [-0.3, -0.25) is 4.90 Å². The molecule has 0 radical (unpaired) electrons. The molecular formula is C20H18F7NO3. The van der Waals surface area contributed by atoms with Gasteiger partial charge in [0.1, 0.15) is 5.82 Å². The molecule has 0 unspecified atom stereocenters. The molecule has 4 nitrogen and oxygen atoms in total. The number of alkyl halides is 6. The first-order chi connectivity index (χ1) is 13.9. The number of amides is 1. The number of nitrogens with zero attached hydrogens (tertiary/aromatic N) is 1. The van der Waals surface area contributed by atoms with Crippen molar-refractivity contribution in [2.45, 2.75) is 44.3 Å². The van der Waals surface area contributed by atoms with Gasteiger partial charge in [-0.2, -0.15) is 26.3 Å². The lowest BCUT2D eigenvalue weighted by Gasteiger charge is -2.33. The predicted molar refractivity (Wildman–Crippen MR) is 98.1 cm³/mol. The minimum absolute atomic E-state index is 0.0249. The van der Waals surface area contributed by atoms with Crippen molar-refractivity contribution in [2.75, 3.05) is 4.90 Å². The molecule has 0 spiro atoms. The summed E-state index contributed by atoms with van der Waals surface area (Å²) in [7, 11) is 0. The standard InChI is InChI=1S/C20H18F7NO3/c1-17(2,3)28(16(29)30)13-7-4-11(5-8-13)14-9-6-12(10-15(14)21)18(31,19(22,23)24)20(25,26)27/h4-10,31H,1-3H3,(H,29,30). The van der Waals surface area contributed by atoms with Crippen LogP contribution >= 0.6 is 0 Å². The molecule has 0 saturated carbocycles. The highest BCUT2D eigenvalue weighted by Gasteiger charge is 2.71. The van der Waals surface area contributed by atoms with Gasteiger partial charge in [0.25, 0.3) is 5.60 Å². The van der Waals surface area contributed by atoms with Gasteiger partial charge in [0.05, 0.1) is 0 Å². The number of benzene rings is 2. The van der Waals surface area contributed by atoms with Gasteiger partial charge in [-0.15, -0.1) is 0 Å². The number of hydrogen-bond acceptors (Lipinski definition) is 2. The summed E-state index contributed by atoms with van der Waals surface area (Å²) >= 11 is 0. The van der Waals surface area contributed by atoms with E-state index in [-0.39, 0.29) is 22.9 Å². The van der Waals surface area contributed by atoms with Gasteiger partial charge < -0.3 is 10.2 Å². The van der Waals surface area contributed by atoms with Gasteiger partial charge in [-0.1, -0.05) is 24.3 Å². The fraction of sp³-hybridized carbons (Fsp3) is 0.350. The number of carboxylic acid groups (broad SMARTS) is 1. The molecule has 0 heterocycles. The Labute approximate surface area is 172 Å². The third kappa shape index (κ3) is 4.46. The molecule has 2 rings (SSSR count). The van der Waals surface area contributed by atoms with Crippen molar-refractivity contribution >= 4 is 11.8 Å². The average Bonchev–Trinajstić information content (AvgIpc) is 2.58. The molecule has 0 saturated heterocycles. The quantitative estimate of drug-likeness (QED) is 0.553. The summed E-state index contributed by atoms with van der Waals surface area (Å²) < 4.78 is 92.3. The fourth-order valence-corrected chi connectivity index (χ4v) is 3.04. The second-order valence-electron chi connectivity index (χ2n) is 7.74. The van der Waals surface area contributed by atoms with Gasteiger partial charge in [0.2, 0.25) is 0 Å². The van der Waals surface area contributed by atoms with E-state index in [4.69, 9.17) is 0 Å². The van der Waals surface area contributed by atoms with E-state index < -0.39 is 41.0 Å². The molecule has 0 aliphatic heterocycles. The van der Waals surface area contributed by atoms with Crippen LogP contribution in [-0.4, -0.2) is 34.2 Å². The Morgan fingerprint density at radius 1 is 0.871 bits per heavy atom. The first kappa shape index (κ1) is 24.4. The van der Waals surface area contributed by atoms with Gasteiger partial charge in [-0.25, -0.2) is 9.18 Å². The maximum atomic E-state index is 14.5. The van der Waals surface area contributed by atoms with E-state index in [1.807, 2.05) is 0 Å². The van der Waals surface area contributed by atoms with Crippen molar-refractivity contribution < 1.29 is 45.7 Å². The molecule has 11 heteroatoms. The Kier molecular flexibility index (Phi) is 6.07. The zero-order valence-corrected chi connectivity index (χ0v) is 16.4. The molecule has 0 fully saturated rings. The maximum Gasteiger partial charge on any atom is 0.430 e. The van der Waals surface area contributed by atoms with E-state index in [0.717, 1.165) is 4.90 Å². The van der Waals surface area contributed by atoms with Gasteiger partial charge in [0, 0.05) is 22.4 Å². The number of hydrogen-bond donors (Lipinski definition) is 2. The van der Waals surface area contributed by atoms with Crippen LogP contribution in [0.3, 0.4) is 0 Å². The summed E-state index contributed by atoms with van der Waals surface area (Å²) in [6, 6.07) is 6.19.